The summed E-state index contributed by atoms with van der Waals surface area (Å²) in [6.45, 7) is 2.27. The smallest absolute Gasteiger partial charge is 0.149 e. The fraction of sp³-hybridized carbons (Fsp3) is 0.353. The van der Waals surface area contributed by atoms with E-state index in [4.69, 9.17) is 9.57 Å². The largest absolute Gasteiger partial charge is 0.386 e. The maximum absolute atomic E-state index is 5.85. The number of nitrogens with zero attached hydrogens (tertiary/aromatic N) is 2. The molecule has 2 aliphatic rings. The summed E-state index contributed by atoms with van der Waals surface area (Å²) in [6.07, 6.45) is 3.85. The van der Waals surface area contributed by atoms with E-state index in [0.717, 1.165) is 48.9 Å². The van der Waals surface area contributed by atoms with Crippen LogP contribution >= 0.6 is 0 Å². The summed E-state index contributed by atoms with van der Waals surface area (Å²) in [5.41, 5.74) is 5.43. The zero-order valence-corrected chi connectivity index (χ0v) is 12.9. The summed E-state index contributed by atoms with van der Waals surface area (Å²) in [5.74, 6) is 1.74. The molecule has 3 heterocycles. The summed E-state index contributed by atoms with van der Waals surface area (Å²) >= 11 is 0. The predicted molar refractivity (Wildman–Crippen MR) is 87.9 cm³/mol. The number of aromatic nitrogens is 1. The summed E-state index contributed by atoms with van der Waals surface area (Å²) in [4.78, 5) is 10.4. The number of nitrogens with one attached hydrogen (secondary N) is 2. The van der Waals surface area contributed by atoms with E-state index in [9.17, 15) is 0 Å². The third-order valence-corrected chi connectivity index (χ3v) is 4.12. The molecule has 1 fully saturated rings. The van der Waals surface area contributed by atoms with Crippen LogP contribution in [0.25, 0.3) is 0 Å². The van der Waals surface area contributed by atoms with Gasteiger partial charge in [-0.1, -0.05) is 18.2 Å². The lowest BCUT2D eigenvalue weighted by Crippen LogP contribution is -2.29. The summed E-state index contributed by atoms with van der Waals surface area (Å²) in [7, 11) is 0. The minimum atomic E-state index is 0.423. The van der Waals surface area contributed by atoms with Crippen LogP contribution in [0, 0.1) is 0 Å². The fourth-order valence-corrected chi connectivity index (χ4v) is 2.90. The van der Waals surface area contributed by atoms with Crippen LogP contribution in [0.3, 0.4) is 0 Å². The van der Waals surface area contributed by atoms with E-state index in [2.05, 4.69) is 15.7 Å². The average Bonchev–Trinajstić information content (AvgIpc) is 3.00. The molecular weight excluding hydrogens is 292 g/mol. The standard InChI is InChI=1S/C17H20N4O2/c1-2-4-14(5-3-1)23-21-12-15-16(20-21)6-9-18-17(15)19-13-7-10-22-11-8-13/h1-6,9,13,20H,7-8,10-12H2,(H,18,19). The van der Waals surface area contributed by atoms with E-state index in [1.165, 1.54) is 0 Å². The van der Waals surface area contributed by atoms with Crippen LogP contribution in [0.1, 0.15) is 18.4 Å². The Hall–Kier alpha value is -2.31. The first-order valence-electron chi connectivity index (χ1n) is 7.98. The molecule has 120 valence electrons. The molecule has 0 atom stereocenters. The number of pyridine rings is 1. The van der Waals surface area contributed by atoms with E-state index in [-0.39, 0.29) is 0 Å². The quantitative estimate of drug-likeness (QED) is 0.905. The van der Waals surface area contributed by atoms with Crippen molar-refractivity contribution in [2.75, 3.05) is 24.0 Å². The Bertz CT molecular complexity index is 659. The first-order chi connectivity index (χ1) is 11.4. The lowest BCUT2D eigenvalue weighted by molar-refractivity contribution is -0.0328. The molecule has 1 saturated heterocycles. The fourth-order valence-electron chi connectivity index (χ4n) is 2.90. The van der Waals surface area contributed by atoms with Gasteiger partial charge in [-0.25, -0.2) is 4.98 Å². The number of para-hydroxylation sites is 1. The average molecular weight is 312 g/mol. The number of hydrazine groups is 1. The maximum Gasteiger partial charge on any atom is 0.149 e. The second-order valence-corrected chi connectivity index (χ2v) is 5.77. The highest BCUT2D eigenvalue weighted by molar-refractivity contribution is 5.63. The summed E-state index contributed by atoms with van der Waals surface area (Å²) in [5, 5.41) is 5.29. The zero-order valence-electron chi connectivity index (χ0n) is 12.9. The first kappa shape index (κ1) is 14.3. The molecule has 0 aliphatic carbocycles. The second-order valence-electron chi connectivity index (χ2n) is 5.77. The van der Waals surface area contributed by atoms with Crippen molar-refractivity contribution in [3.05, 3.63) is 48.2 Å². The molecule has 0 unspecified atom stereocenters. The molecule has 2 aromatic rings. The number of fused-ring (bicyclic) bond motifs is 1. The van der Waals surface area contributed by atoms with Gasteiger partial charge in [-0.2, -0.15) is 0 Å². The molecule has 23 heavy (non-hydrogen) atoms. The Labute approximate surface area is 135 Å². The molecule has 0 spiro atoms. The van der Waals surface area contributed by atoms with Gasteiger partial charge in [0.1, 0.15) is 11.6 Å². The van der Waals surface area contributed by atoms with Gasteiger partial charge in [0.2, 0.25) is 0 Å². The molecule has 0 bridgehead atoms. The summed E-state index contributed by atoms with van der Waals surface area (Å²) < 4.78 is 5.41. The highest BCUT2D eigenvalue weighted by Crippen LogP contribution is 2.31. The van der Waals surface area contributed by atoms with Crippen LogP contribution in [0.15, 0.2) is 42.6 Å². The second kappa shape index (κ2) is 6.44. The SMILES string of the molecule is c1ccc(ON2Cc3c(ccnc3NC3CCOCC3)N2)cc1. The molecule has 6 heteroatoms. The molecule has 1 aromatic carbocycles. The summed E-state index contributed by atoms with van der Waals surface area (Å²) in [6, 6.07) is 12.1. The lowest BCUT2D eigenvalue weighted by Gasteiger charge is -2.24. The van der Waals surface area contributed by atoms with Crippen molar-refractivity contribution >= 4 is 11.5 Å². The Morgan fingerprint density at radius 2 is 2.00 bits per heavy atom. The Balaban J connectivity index is 1.46. The highest BCUT2D eigenvalue weighted by Gasteiger charge is 2.25. The van der Waals surface area contributed by atoms with E-state index in [0.29, 0.717) is 12.6 Å². The van der Waals surface area contributed by atoms with Crippen molar-refractivity contribution in [3.63, 3.8) is 0 Å². The Kier molecular flexibility index (Phi) is 4.00. The van der Waals surface area contributed by atoms with E-state index < -0.39 is 0 Å². The van der Waals surface area contributed by atoms with E-state index in [1.54, 1.807) is 5.17 Å². The van der Waals surface area contributed by atoms with Crippen molar-refractivity contribution in [3.8, 4) is 5.75 Å². The van der Waals surface area contributed by atoms with Gasteiger partial charge in [0, 0.05) is 31.0 Å². The monoisotopic (exact) mass is 312 g/mol. The lowest BCUT2D eigenvalue weighted by atomic mass is 10.1. The van der Waals surface area contributed by atoms with Gasteiger partial charge in [-0.05, 0) is 36.2 Å². The van der Waals surface area contributed by atoms with Crippen molar-refractivity contribution in [1.29, 1.82) is 0 Å². The van der Waals surface area contributed by atoms with E-state index >= 15 is 0 Å². The van der Waals surface area contributed by atoms with Gasteiger partial charge < -0.3 is 14.9 Å². The van der Waals surface area contributed by atoms with Crippen molar-refractivity contribution in [1.82, 2.24) is 10.2 Å². The first-order valence-corrected chi connectivity index (χ1v) is 7.98. The maximum atomic E-state index is 5.85. The third-order valence-electron chi connectivity index (χ3n) is 4.12. The van der Waals surface area contributed by atoms with Crippen LogP contribution in [0.2, 0.25) is 0 Å². The van der Waals surface area contributed by atoms with Crippen LogP contribution < -0.4 is 15.6 Å². The Morgan fingerprint density at radius 3 is 2.83 bits per heavy atom. The molecular formula is C17H20N4O2. The van der Waals surface area contributed by atoms with Gasteiger partial charge >= 0.3 is 0 Å². The van der Waals surface area contributed by atoms with Crippen LogP contribution in [0.5, 0.6) is 5.75 Å². The minimum Gasteiger partial charge on any atom is -0.386 e. The van der Waals surface area contributed by atoms with E-state index in [1.807, 2.05) is 42.6 Å². The molecule has 1 aromatic heterocycles. The zero-order chi connectivity index (χ0) is 15.5. The molecule has 2 aliphatic heterocycles. The van der Waals surface area contributed by atoms with Gasteiger partial charge in [0.05, 0.1) is 12.2 Å². The molecule has 0 saturated carbocycles. The van der Waals surface area contributed by atoms with Gasteiger partial charge in [-0.15, -0.1) is 0 Å². The van der Waals surface area contributed by atoms with Crippen molar-refractivity contribution in [2.45, 2.75) is 25.4 Å². The number of benzene rings is 1. The normalized spacial score (nSPS) is 18.3. The molecule has 6 nitrogen and oxygen atoms in total. The number of anilines is 2. The van der Waals surface area contributed by atoms with Gasteiger partial charge in [0.15, 0.2) is 0 Å². The number of rotatable bonds is 4. The van der Waals surface area contributed by atoms with Crippen molar-refractivity contribution in [2.24, 2.45) is 0 Å². The van der Waals surface area contributed by atoms with Crippen LogP contribution in [-0.2, 0) is 11.3 Å². The van der Waals surface area contributed by atoms with Gasteiger partial charge in [-0.3, -0.25) is 5.43 Å². The molecule has 2 N–H and O–H groups in total. The molecule has 0 amide bonds. The Morgan fingerprint density at radius 1 is 1.17 bits per heavy atom. The van der Waals surface area contributed by atoms with Crippen molar-refractivity contribution < 1.29 is 9.57 Å². The minimum absolute atomic E-state index is 0.423. The van der Waals surface area contributed by atoms with Crippen LogP contribution in [-0.4, -0.2) is 29.4 Å². The third kappa shape index (κ3) is 3.23. The topological polar surface area (TPSA) is 58.7 Å². The predicted octanol–water partition coefficient (Wildman–Crippen LogP) is 2.81. The number of ether oxygens (including phenoxy) is 1. The molecule has 0 radical (unpaired) electrons. The number of hydrogen-bond donors (Lipinski definition) is 2. The van der Waals surface area contributed by atoms with Gasteiger partial charge in [0.25, 0.3) is 0 Å². The molecule has 4 rings (SSSR count). The number of hydrogen-bond acceptors (Lipinski definition) is 6. The highest BCUT2D eigenvalue weighted by atomic mass is 16.7. The number of hydroxylamine groups is 1. The van der Waals surface area contributed by atoms with Crippen LogP contribution in [0.4, 0.5) is 11.5 Å².